The minimum atomic E-state index is -3.70. The Morgan fingerprint density at radius 1 is 1.00 bits per heavy atom. The highest BCUT2D eigenvalue weighted by Crippen LogP contribution is 2.34. The van der Waals surface area contributed by atoms with Crippen molar-refractivity contribution in [3.63, 3.8) is 0 Å². The third-order valence-electron chi connectivity index (χ3n) is 5.72. The number of nitrogens with zero attached hydrogens (tertiary/aromatic N) is 5. The van der Waals surface area contributed by atoms with Gasteiger partial charge in [-0.05, 0) is 37.6 Å². The average Bonchev–Trinajstić information content (AvgIpc) is 3.40. The Labute approximate surface area is 197 Å². The van der Waals surface area contributed by atoms with Gasteiger partial charge in [-0.2, -0.15) is 0 Å². The van der Waals surface area contributed by atoms with Gasteiger partial charge in [0.25, 0.3) is 0 Å². The molecule has 0 spiro atoms. The number of pyridine rings is 1. The van der Waals surface area contributed by atoms with Crippen LogP contribution in [0.2, 0.25) is 0 Å². The number of imidazole rings is 2. The van der Waals surface area contributed by atoms with Gasteiger partial charge in [0.15, 0.2) is 0 Å². The molecule has 0 aliphatic heterocycles. The molecule has 3 heterocycles. The number of nitrogens with two attached hydrogens (primary N) is 1. The van der Waals surface area contributed by atoms with Crippen LogP contribution in [0.3, 0.4) is 0 Å². The molecule has 5 aromatic rings. The van der Waals surface area contributed by atoms with Crippen LogP contribution < -0.4 is 5.73 Å². The zero-order chi connectivity index (χ0) is 23.9. The zero-order valence-corrected chi connectivity index (χ0v) is 19.6. The Kier molecular flexibility index (Phi) is 5.41. The maximum absolute atomic E-state index is 13.0. The first kappa shape index (κ1) is 21.8. The van der Waals surface area contributed by atoms with Crippen molar-refractivity contribution >= 4 is 27.0 Å². The quantitative estimate of drug-likeness (QED) is 0.397. The smallest absolute Gasteiger partial charge is 0.244 e. The van der Waals surface area contributed by atoms with E-state index >= 15 is 0 Å². The third kappa shape index (κ3) is 3.73. The summed E-state index contributed by atoms with van der Waals surface area (Å²) in [5.41, 5.74) is 11.5. The molecule has 0 aliphatic carbocycles. The van der Waals surface area contributed by atoms with Gasteiger partial charge in [0.1, 0.15) is 0 Å². The van der Waals surface area contributed by atoms with Crippen molar-refractivity contribution in [3.05, 3.63) is 84.9 Å². The Bertz CT molecular complexity index is 1570. The van der Waals surface area contributed by atoms with Gasteiger partial charge in [0.2, 0.25) is 16.0 Å². The first-order valence-corrected chi connectivity index (χ1v) is 12.4. The minimum absolute atomic E-state index is 0.0481. The van der Waals surface area contributed by atoms with Gasteiger partial charge in [-0.1, -0.05) is 42.5 Å². The summed E-state index contributed by atoms with van der Waals surface area (Å²) < 4.78 is 29.3. The molecule has 0 unspecified atom stereocenters. The fourth-order valence-corrected chi connectivity index (χ4v) is 5.14. The average molecular weight is 473 g/mol. The molecule has 2 aromatic carbocycles. The molecule has 34 heavy (non-hydrogen) atoms. The first-order valence-electron chi connectivity index (χ1n) is 10.9. The van der Waals surface area contributed by atoms with Crippen LogP contribution >= 0.6 is 0 Å². The summed E-state index contributed by atoms with van der Waals surface area (Å²) in [6.45, 7) is 3.81. The van der Waals surface area contributed by atoms with Gasteiger partial charge in [-0.3, -0.25) is 4.98 Å². The van der Waals surface area contributed by atoms with Gasteiger partial charge in [0.05, 0.1) is 40.5 Å². The van der Waals surface area contributed by atoms with Crippen molar-refractivity contribution in [1.29, 1.82) is 0 Å². The molecule has 0 saturated carbocycles. The van der Waals surface area contributed by atoms with Crippen LogP contribution in [-0.2, 0) is 16.6 Å². The van der Waals surface area contributed by atoms with Crippen LogP contribution in [0, 0.1) is 0 Å². The van der Waals surface area contributed by atoms with E-state index in [1.807, 2.05) is 65.4 Å². The Morgan fingerprint density at radius 2 is 1.79 bits per heavy atom. The number of aromatic nitrogens is 5. The lowest BCUT2D eigenvalue weighted by molar-refractivity contribution is 0.580. The number of nitrogen functional groups attached to an aromatic ring is 1. The van der Waals surface area contributed by atoms with Crippen LogP contribution in [0.25, 0.3) is 33.5 Å². The lowest BCUT2D eigenvalue weighted by atomic mass is 10.0. The summed E-state index contributed by atoms with van der Waals surface area (Å²) in [5.74, 6) is -0.0481. The van der Waals surface area contributed by atoms with Crippen LogP contribution in [-0.4, -0.2) is 37.2 Å². The predicted molar refractivity (Wildman–Crippen MR) is 134 cm³/mol. The Morgan fingerprint density at radius 3 is 2.50 bits per heavy atom. The molecular weight excluding hydrogens is 448 g/mol. The van der Waals surface area contributed by atoms with Crippen molar-refractivity contribution < 1.29 is 8.42 Å². The van der Waals surface area contributed by atoms with Crippen LogP contribution in [0.15, 0.2) is 79.4 Å². The topological polar surface area (TPSA) is 109 Å². The van der Waals surface area contributed by atoms with E-state index in [4.69, 9.17) is 10.7 Å². The van der Waals surface area contributed by atoms with Gasteiger partial charge < -0.3 is 10.3 Å². The van der Waals surface area contributed by atoms with E-state index in [9.17, 15) is 8.42 Å². The predicted octanol–water partition coefficient (Wildman–Crippen LogP) is 4.18. The summed E-state index contributed by atoms with van der Waals surface area (Å²) >= 11 is 0. The largest absolute Gasteiger partial charge is 0.368 e. The number of fused-ring (bicyclic) bond motifs is 1. The second-order valence-electron chi connectivity index (χ2n) is 8.33. The van der Waals surface area contributed by atoms with E-state index in [1.54, 1.807) is 32.4 Å². The molecule has 0 atom stereocenters. The lowest BCUT2D eigenvalue weighted by Crippen LogP contribution is -2.23. The lowest BCUT2D eigenvalue weighted by Gasteiger charge is -2.13. The zero-order valence-electron chi connectivity index (χ0n) is 18.8. The molecule has 0 fully saturated rings. The number of hydrogen-bond acceptors (Lipinski definition) is 6. The van der Waals surface area contributed by atoms with Crippen molar-refractivity contribution in [3.8, 4) is 22.5 Å². The van der Waals surface area contributed by atoms with Crippen molar-refractivity contribution in [2.45, 2.75) is 25.6 Å². The number of benzene rings is 2. The van der Waals surface area contributed by atoms with Gasteiger partial charge >= 0.3 is 0 Å². The molecule has 0 aliphatic rings. The molecule has 3 aromatic heterocycles. The Balaban J connectivity index is 1.74. The van der Waals surface area contributed by atoms with Crippen LogP contribution in [0.1, 0.15) is 19.4 Å². The maximum Gasteiger partial charge on any atom is 0.244 e. The fraction of sp³-hybridized carbons (Fsp3) is 0.160. The molecular formula is C25H24N6O2S. The summed E-state index contributed by atoms with van der Waals surface area (Å²) in [5, 5.41) is -0.646. The number of anilines is 1. The van der Waals surface area contributed by atoms with Crippen molar-refractivity contribution in [1.82, 2.24) is 23.5 Å². The molecule has 9 heteroatoms. The summed E-state index contributed by atoms with van der Waals surface area (Å²) in [6, 6.07) is 19.3. The Hall–Kier alpha value is -3.98. The fourth-order valence-electron chi connectivity index (χ4n) is 4.00. The number of hydrogen-bond donors (Lipinski definition) is 1. The molecule has 5 rings (SSSR count). The van der Waals surface area contributed by atoms with Gasteiger partial charge in [0, 0.05) is 23.5 Å². The molecule has 0 radical (unpaired) electrons. The molecule has 0 amide bonds. The van der Waals surface area contributed by atoms with E-state index in [0.29, 0.717) is 17.6 Å². The second kappa shape index (κ2) is 8.42. The SMILES string of the molecule is CC(C)S(=O)(=O)n1c(N)nc2ccc(-c3c(-c4ccccc4)ncn3Cc3cccnc3)cc21. The monoisotopic (exact) mass is 472 g/mol. The highest BCUT2D eigenvalue weighted by Gasteiger charge is 2.25. The standard InChI is InChI=1S/C25H24N6O2S/c1-17(2)34(32,33)31-22-13-20(10-11-21(22)29-25(31)26)24-23(19-8-4-3-5-9-19)28-16-30(24)15-18-7-6-12-27-14-18/h3-14,16-17H,15H2,1-2H3,(H2,26,29). The highest BCUT2D eigenvalue weighted by molar-refractivity contribution is 7.90. The van der Waals surface area contributed by atoms with E-state index in [-0.39, 0.29) is 5.95 Å². The molecule has 0 bridgehead atoms. The summed E-state index contributed by atoms with van der Waals surface area (Å²) in [6.07, 6.45) is 5.36. The first-order chi connectivity index (χ1) is 16.4. The maximum atomic E-state index is 13.0. The van der Waals surface area contributed by atoms with E-state index in [0.717, 1.165) is 32.1 Å². The molecule has 0 saturated heterocycles. The van der Waals surface area contributed by atoms with Crippen molar-refractivity contribution in [2.24, 2.45) is 0 Å². The normalized spacial score (nSPS) is 12.0. The van der Waals surface area contributed by atoms with E-state index < -0.39 is 15.3 Å². The third-order valence-corrected chi connectivity index (χ3v) is 7.81. The summed E-state index contributed by atoms with van der Waals surface area (Å²) in [4.78, 5) is 13.2. The van der Waals surface area contributed by atoms with Crippen molar-refractivity contribution in [2.75, 3.05) is 5.73 Å². The molecule has 8 nitrogen and oxygen atoms in total. The summed E-state index contributed by atoms with van der Waals surface area (Å²) in [7, 11) is -3.70. The minimum Gasteiger partial charge on any atom is -0.368 e. The van der Waals surface area contributed by atoms with Crippen LogP contribution in [0.5, 0.6) is 0 Å². The number of rotatable bonds is 6. The molecule has 2 N–H and O–H groups in total. The van der Waals surface area contributed by atoms with Gasteiger partial charge in [-0.25, -0.2) is 22.4 Å². The van der Waals surface area contributed by atoms with E-state index in [2.05, 4.69) is 9.97 Å². The van der Waals surface area contributed by atoms with Crippen LogP contribution in [0.4, 0.5) is 5.95 Å². The molecule has 172 valence electrons. The highest BCUT2D eigenvalue weighted by atomic mass is 32.2. The van der Waals surface area contributed by atoms with Gasteiger partial charge in [-0.15, -0.1) is 0 Å². The van der Waals surface area contributed by atoms with E-state index in [1.165, 1.54) is 0 Å². The second-order valence-corrected chi connectivity index (χ2v) is 10.7.